The number of carbonyl (C=O) groups excluding carboxylic acids is 4. The number of halogens is 1. The van der Waals surface area contributed by atoms with Gasteiger partial charge in [0.25, 0.3) is 5.91 Å². The van der Waals surface area contributed by atoms with Crippen LogP contribution in [0, 0.1) is 5.82 Å². The largest absolute Gasteiger partial charge is 0.375 e. The molecule has 272 valence electrons. The van der Waals surface area contributed by atoms with Crippen molar-refractivity contribution < 1.29 is 23.6 Å². The maximum absolute atomic E-state index is 14.5. The van der Waals surface area contributed by atoms with E-state index < -0.39 is 18.2 Å². The van der Waals surface area contributed by atoms with E-state index >= 15 is 0 Å². The van der Waals surface area contributed by atoms with Gasteiger partial charge in [-0.2, -0.15) is 5.01 Å². The molecule has 1 aromatic heterocycles. The Hall–Kier alpha value is -5.86. The topological polar surface area (TPSA) is 144 Å². The SMILES string of the molecule is CC(C)N(C(=O)NCc1ccc(F)cc1)N1CC(=O)N2[C@@H](Cc3ccc(NC(=O)c4ccccc4)cc3)C(=O)N(Cc3cccc4sc(N)nc34)C[C@@H]21. The third kappa shape index (κ3) is 7.55. The molecule has 2 fully saturated rings. The number of hydrazine groups is 1. The van der Waals surface area contributed by atoms with Crippen LogP contribution in [-0.4, -0.2) is 79.9 Å². The quantitative estimate of drug-likeness (QED) is 0.178. The molecule has 53 heavy (non-hydrogen) atoms. The van der Waals surface area contributed by atoms with Crippen LogP contribution >= 0.6 is 11.3 Å². The van der Waals surface area contributed by atoms with Crippen LogP contribution in [0.1, 0.15) is 40.9 Å². The average molecular weight is 735 g/mol. The van der Waals surface area contributed by atoms with Crippen molar-refractivity contribution >= 4 is 56.1 Å². The van der Waals surface area contributed by atoms with Crippen molar-refractivity contribution in [3.63, 3.8) is 0 Å². The van der Waals surface area contributed by atoms with Crippen molar-refractivity contribution in [1.82, 2.24) is 30.1 Å². The Morgan fingerprint density at radius 1 is 0.962 bits per heavy atom. The van der Waals surface area contributed by atoms with E-state index in [1.807, 2.05) is 50.2 Å². The Morgan fingerprint density at radius 2 is 1.68 bits per heavy atom. The number of anilines is 2. The summed E-state index contributed by atoms with van der Waals surface area (Å²) in [6.07, 6.45) is -0.432. The normalized spacial score (nSPS) is 17.4. The summed E-state index contributed by atoms with van der Waals surface area (Å²) >= 11 is 1.37. The molecule has 2 aliphatic heterocycles. The van der Waals surface area contributed by atoms with Crippen LogP contribution in [0.2, 0.25) is 0 Å². The second kappa shape index (κ2) is 15.0. The van der Waals surface area contributed by atoms with Crippen molar-refractivity contribution in [2.75, 3.05) is 24.1 Å². The van der Waals surface area contributed by atoms with Gasteiger partial charge in [-0.3, -0.25) is 19.4 Å². The molecule has 5 aromatic rings. The first kappa shape index (κ1) is 35.5. The van der Waals surface area contributed by atoms with E-state index in [0.717, 1.165) is 26.9 Å². The van der Waals surface area contributed by atoms with Crippen molar-refractivity contribution in [2.24, 2.45) is 0 Å². The van der Waals surface area contributed by atoms with Crippen LogP contribution < -0.4 is 16.4 Å². The van der Waals surface area contributed by atoms with Crippen LogP contribution in [0.5, 0.6) is 0 Å². The number of nitrogens with one attached hydrogen (secondary N) is 2. The number of nitrogens with two attached hydrogens (primary N) is 1. The highest BCUT2D eigenvalue weighted by atomic mass is 32.1. The van der Waals surface area contributed by atoms with E-state index in [1.165, 1.54) is 28.5 Å². The molecule has 0 unspecified atom stereocenters. The van der Waals surface area contributed by atoms with Crippen LogP contribution in [0.25, 0.3) is 10.2 Å². The zero-order chi connectivity index (χ0) is 37.2. The molecule has 12 nitrogen and oxygen atoms in total. The van der Waals surface area contributed by atoms with Gasteiger partial charge >= 0.3 is 6.03 Å². The molecule has 2 saturated heterocycles. The maximum Gasteiger partial charge on any atom is 0.332 e. The highest BCUT2D eigenvalue weighted by Crippen LogP contribution is 2.33. The summed E-state index contributed by atoms with van der Waals surface area (Å²) in [6.45, 7) is 4.15. The number of aromatic nitrogens is 1. The zero-order valence-corrected chi connectivity index (χ0v) is 30.1. The fourth-order valence-electron chi connectivity index (χ4n) is 6.97. The molecule has 4 aromatic carbocycles. The lowest BCUT2D eigenvalue weighted by atomic mass is 9.99. The summed E-state index contributed by atoms with van der Waals surface area (Å²) in [5.74, 6) is -1.11. The fraction of sp³-hybridized carbons (Fsp3) is 0.256. The van der Waals surface area contributed by atoms with E-state index in [0.29, 0.717) is 16.4 Å². The molecule has 2 atom stereocenters. The number of urea groups is 1. The lowest BCUT2D eigenvalue weighted by molar-refractivity contribution is -0.158. The number of nitrogen functional groups attached to an aromatic ring is 1. The lowest BCUT2D eigenvalue weighted by Crippen LogP contribution is -2.66. The minimum Gasteiger partial charge on any atom is -0.375 e. The van der Waals surface area contributed by atoms with Crippen molar-refractivity contribution in [2.45, 2.75) is 51.6 Å². The molecule has 14 heteroatoms. The Balaban J connectivity index is 1.16. The van der Waals surface area contributed by atoms with E-state index in [4.69, 9.17) is 5.73 Å². The number of amides is 5. The van der Waals surface area contributed by atoms with Gasteiger partial charge in [-0.15, -0.1) is 0 Å². The third-order valence-corrected chi connectivity index (χ3v) is 10.3. The number of hydrogen-bond acceptors (Lipinski definition) is 8. The first-order valence-electron chi connectivity index (χ1n) is 17.3. The molecule has 0 aliphatic carbocycles. The van der Waals surface area contributed by atoms with Gasteiger partial charge in [-0.05, 0) is 73.0 Å². The van der Waals surface area contributed by atoms with Gasteiger partial charge in [0, 0.05) is 36.8 Å². The zero-order valence-electron chi connectivity index (χ0n) is 29.2. The monoisotopic (exact) mass is 734 g/mol. The summed E-state index contributed by atoms with van der Waals surface area (Å²) in [5.41, 5.74) is 10.2. The summed E-state index contributed by atoms with van der Waals surface area (Å²) in [7, 11) is 0. The number of thiazole rings is 1. The Bertz CT molecular complexity index is 2140. The molecule has 2 aliphatic rings. The number of piperazine rings is 1. The van der Waals surface area contributed by atoms with Crippen molar-refractivity contribution in [3.8, 4) is 0 Å². The number of hydrogen-bond donors (Lipinski definition) is 3. The van der Waals surface area contributed by atoms with E-state index in [1.54, 1.807) is 63.3 Å². The van der Waals surface area contributed by atoms with Gasteiger partial charge < -0.3 is 26.2 Å². The Kier molecular flexibility index (Phi) is 10.1. The van der Waals surface area contributed by atoms with Crippen molar-refractivity contribution in [1.29, 1.82) is 0 Å². The van der Waals surface area contributed by atoms with Gasteiger partial charge in [-0.25, -0.2) is 14.2 Å². The second-order valence-electron chi connectivity index (χ2n) is 13.4. The maximum atomic E-state index is 14.5. The molecule has 0 saturated carbocycles. The van der Waals surface area contributed by atoms with Crippen molar-refractivity contribution in [3.05, 3.63) is 125 Å². The average Bonchev–Trinajstić information content (AvgIpc) is 3.69. The van der Waals surface area contributed by atoms with E-state index in [2.05, 4.69) is 15.6 Å². The molecule has 4 N–H and O–H groups in total. The first-order chi connectivity index (χ1) is 25.5. The van der Waals surface area contributed by atoms with Crippen LogP contribution in [0.15, 0.2) is 97.1 Å². The fourth-order valence-corrected chi connectivity index (χ4v) is 7.75. The van der Waals surface area contributed by atoms with Gasteiger partial charge in [0.15, 0.2) is 5.13 Å². The highest BCUT2D eigenvalue weighted by Gasteiger charge is 2.52. The summed E-state index contributed by atoms with van der Waals surface area (Å²) in [5, 5.41) is 9.51. The molecule has 5 amide bonds. The predicted octanol–water partition coefficient (Wildman–Crippen LogP) is 5.23. The number of fused-ring (bicyclic) bond motifs is 2. The lowest BCUT2D eigenvalue weighted by Gasteiger charge is -2.47. The highest BCUT2D eigenvalue weighted by molar-refractivity contribution is 7.22. The number of benzene rings is 4. The first-order valence-corrected chi connectivity index (χ1v) is 18.1. The van der Waals surface area contributed by atoms with Gasteiger partial charge in [0.2, 0.25) is 11.8 Å². The van der Waals surface area contributed by atoms with Crippen LogP contribution in [0.4, 0.5) is 20.0 Å². The summed E-state index contributed by atoms with van der Waals surface area (Å²) in [4.78, 5) is 62.8. The molecule has 0 bridgehead atoms. The third-order valence-electron chi connectivity index (χ3n) is 9.45. The summed E-state index contributed by atoms with van der Waals surface area (Å²) in [6, 6.07) is 26.1. The molecule has 7 rings (SSSR count). The van der Waals surface area contributed by atoms with Crippen LogP contribution in [0.3, 0.4) is 0 Å². The molecular formula is C39H39FN8O4S. The second-order valence-corrected chi connectivity index (χ2v) is 14.4. The smallest absolute Gasteiger partial charge is 0.332 e. The van der Waals surface area contributed by atoms with E-state index in [-0.39, 0.29) is 62.2 Å². The minimum atomic E-state index is -0.869. The molecule has 3 heterocycles. The van der Waals surface area contributed by atoms with Gasteiger partial charge in [0.05, 0.1) is 23.3 Å². The number of rotatable bonds is 10. The molecule has 0 spiro atoms. The minimum absolute atomic E-state index is 0.104. The summed E-state index contributed by atoms with van der Waals surface area (Å²) < 4.78 is 14.4. The predicted molar refractivity (Wildman–Crippen MR) is 201 cm³/mol. The van der Waals surface area contributed by atoms with E-state index in [9.17, 15) is 23.6 Å². The number of carbonyl (C=O) groups is 4. The Morgan fingerprint density at radius 3 is 2.40 bits per heavy atom. The van der Waals surface area contributed by atoms with Gasteiger partial charge in [0.1, 0.15) is 18.0 Å². The number of nitrogens with zero attached hydrogens (tertiary/aromatic N) is 5. The number of para-hydroxylation sites is 1. The molecule has 0 radical (unpaired) electrons. The molecular weight excluding hydrogens is 696 g/mol. The van der Waals surface area contributed by atoms with Crippen LogP contribution in [-0.2, 0) is 29.1 Å². The Labute approximate surface area is 310 Å². The standard InChI is InChI=1S/C39H39FN8O4S/c1-24(2)48(39(52)42-20-26-11-15-29(40)16-12-26)46-23-34(49)47-31(19-25-13-17-30(18-14-25)43-36(50)27-7-4-3-5-8-27)37(51)45(22-33(46)47)21-28-9-6-10-32-35(28)44-38(41)53-32/h3-18,24,31,33H,19-23H2,1-2H3,(H2,41,44)(H,42,52)(H,43,50)/t31-,33+/m0/s1. The van der Waals surface area contributed by atoms with Gasteiger partial charge in [-0.1, -0.05) is 65.9 Å².